The molecule has 14 heteroatoms. The highest BCUT2D eigenvalue weighted by Crippen LogP contribution is 2.48. The first-order valence-electron chi connectivity index (χ1n) is 13.9. The number of halogens is 3. The number of anilines is 2. The molecule has 0 bridgehead atoms. The molecule has 0 aromatic heterocycles. The SMILES string of the molecule is CCCCC1(CC)CN(c2ccccc2)c2cc(SC)c(OS(=O)(=O)C(F)(F)F)cc2S(=O)(=O)N1Cc1ccc(OC)cc1. The van der Waals surface area contributed by atoms with Gasteiger partial charge in [-0.1, -0.05) is 57.0 Å². The van der Waals surface area contributed by atoms with Gasteiger partial charge in [0.15, 0.2) is 5.75 Å². The van der Waals surface area contributed by atoms with E-state index in [2.05, 4.69) is 4.18 Å². The zero-order chi connectivity index (χ0) is 32.3. The Morgan fingerprint density at radius 3 is 2.23 bits per heavy atom. The average molecular weight is 673 g/mol. The van der Waals surface area contributed by atoms with E-state index in [4.69, 9.17) is 4.74 Å². The Kier molecular flexibility index (Phi) is 10.2. The van der Waals surface area contributed by atoms with Crippen LogP contribution in [0.2, 0.25) is 0 Å². The maximum absolute atomic E-state index is 14.8. The number of sulfonamides is 1. The Morgan fingerprint density at radius 1 is 1.02 bits per heavy atom. The third-order valence-electron chi connectivity index (χ3n) is 7.78. The van der Waals surface area contributed by atoms with E-state index in [0.717, 1.165) is 30.7 Å². The number of ether oxygens (including phenoxy) is 1. The maximum atomic E-state index is 14.8. The predicted molar refractivity (Wildman–Crippen MR) is 166 cm³/mol. The predicted octanol–water partition coefficient (Wildman–Crippen LogP) is 7.33. The Balaban J connectivity index is 2.03. The highest BCUT2D eigenvalue weighted by molar-refractivity contribution is 7.98. The smallest absolute Gasteiger partial charge is 0.497 e. The molecule has 8 nitrogen and oxygen atoms in total. The maximum Gasteiger partial charge on any atom is 0.534 e. The number of para-hydroxylation sites is 1. The molecule has 1 aliphatic heterocycles. The van der Waals surface area contributed by atoms with Crippen molar-refractivity contribution in [2.45, 2.75) is 66.9 Å². The van der Waals surface area contributed by atoms with Crippen LogP contribution in [-0.4, -0.2) is 52.1 Å². The van der Waals surface area contributed by atoms with Gasteiger partial charge in [0.1, 0.15) is 10.6 Å². The summed E-state index contributed by atoms with van der Waals surface area (Å²) in [6.45, 7) is 4.14. The van der Waals surface area contributed by atoms with Gasteiger partial charge >= 0.3 is 15.6 Å². The Hall–Kier alpha value is -2.94. The molecule has 0 amide bonds. The van der Waals surface area contributed by atoms with Crippen molar-refractivity contribution in [1.82, 2.24) is 4.31 Å². The monoisotopic (exact) mass is 672 g/mol. The first-order valence-corrected chi connectivity index (χ1v) is 18.0. The zero-order valence-electron chi connectivity index (χ0n) is 24.8. The van der Waals surface area contributed by atoms with Crippen molar-refractivity contribution in [3.8, 4) is 11.5 Å². The summed E-state index contributed by atoms with van der Waals surface area (Å²) >= 11 is 0.946. The van der Waals surface area contributed by atoms with Crippen LogP contribution in [0.25, 0.3) is 0 Å². The minimum absolute atomic E-state index is 0.0342. The second-order valence-electron chi connectivity index (χ2n) is 10.4. The van der Waals surface area contributed by atoms with Gasteiger partial charge in [0.25, 0.3) is 0 Å². The molecule has 240 valence electrons. The fourth-order valence-corrected chi connectivity index (χ4v) is 8.42. The van der Waals surface area contributed by atoms with Gasteiger partial charge in [-0.3, -0.25) is 0 Å². The standard InChI is InChI=1S/C30H35F3N2O6S3/c1-5-7-17-29(6-2)21-34(23-11-9-8-10-12-23)25-18-27(42-4)26(41-44(38,39)30(31,32)33)19-28(25)43(36,37)35(29)20-22-13-15-24(40-3)16-14-22/h8-16,18-19H,5-7,17,20-21H2,1-4H3. The summed E-state index contributed by atoms with van der Waals surface area (Å²) in [6, 6.07) is 18.4. The zero-order valence-corrected chi connectivity index (χ0v) is 27.2. The molecule has 0 saturated heterocycles. The van der Waals surface area contributed by atoms with Crippen LogP contribution in [0.3, 0.4) is 0 Å². The van der Waals surface area contributed by atoms with Crippen LogP contribution in [0.5, 0.6) is 11.5 Å². The molecule has 0 radical (unpaired) electrons. The Labute approximate surface area is 261 Å². The van der Waals surface area contributed by atoms with E-state index in [-0.39, 0.29) is 28.6 Å². The Bertz CT molecular complexity index is 1670. The molecule has 1 unspecified atom stereocenters. The van der Waals surface area contributed by atoms with Gasteiger partial charge in [-0.2, -0.15) is 25.9 Å². The summed E-state index contributed by atoms with van der Waals surface area (Å²) < 4.78 is 105. The third-order valence-corrected chi connectivity index (χ3v) is 11.5. The number of hydrogen-bond donors (Lipinski definition) is 0. The van der Waals surface area contributed by atoms with Gasteiger partial charge in [-0.25, -0.2) is 8.42 Å². The van der Waals surface area contributed by atoms with Crippen molar-refractivity contribution in [2.75, 3.05) is 24.8 Å². The van der Waals surface area contributed by atoms with Crippen molar-refractivity contribution >= 4 is 43.3 Å². The van der Waals surface area contributed by atoms with Gasteiger partial charge < -0.3 is 13.8 Å². The van der Waals surface area contributed by atoms with Crippen LogP contribution < -0.4 is 13.8 Å². The number of unbranched alkanes of at least 4 members (excludes halogenated alkanes) is 1. The molecule has 3 aromatic rings. The summed E-state index contributed by atoms with van der Waals surface area (Å²) in [5.41, 5.74) is -5.09. The van der Waals surface area contributed by atoms with E-state index < -0.39 is 36.9 Å². The highest BCUT2D eigenvalue weighted by Gasteiger charge is 2.51. The van der Waals surface area contributed by atoms with Crippen molar-refractivity contribution in [1.29, 1.82) is 0 Å². The van der Waals surface area contributed by atoms with Gasteiger partial charge in [0, 0.05) is 24.8 Å². The molecule has 1 heterocycles. The van der Waals surface area contributed by atoms with Crippen molar-refractivity contribution < 1.29 is 38.9 Å². The number of nitrogens with zero attached hydrogens (tertiary/aromatic N) is 2. The summed E-state index contributed by atoms with van der Waals surface area (Å²) in [7, 11) is -9.02. The molecule has 0 N–H and O–H groups in total. The van der Waals surface area contributed by atoms with Crippen LogP contribution in [0.4, 0.5) is 24.5 Å². The molecule has 4 rings (SSSR count). The lowest BCUT2D eigenvalue weighted by Gasteiger charge is -2.43. The van der Waals surface area contributed by atoms with E-state index >= 15 is 0 Å². The highest BCUT2D eigenvalue weighted by atomic mass is 32.2. The van der Waals surface area contributed by atoms with Gasteiger partial charge in [0.05, 0.1) is 23.2 Å². The fraction of sp³-hybridized carbons (Fsp3) is 0.400. The van der Waals surface area contributed by atoms with Crippen LogP contribution in [0.1, 0.15) is 45.1 Å². The molecule has 0 saturated carbocycles. The minimum atomic E-state index is -6.08. The second kappa shape index (κ2) is 13.2. The second-order valence-corrected chi connectivity index (χ2v) is 14.6. The van der Waals surface area contributed by atoms with Gasteiger partial charge in [-0.15, -0.1) is 11.8 Å². The number of rotatable bonds is 11. The first-order chi connectivity index (χ1) is 20.7. The average Bonchev–Trinajstić information content (AvgIpc) is 3.07. The molecule has 1 atom stereocenters. The lowest BCUT2D eigenvalue weighted by Crippen LogP contribution is -2.54. The minimum Gasteiger partial charge on any atom is -0.497 e. The number of benzene rings is 3. The number of alkyl halides is 3. The third kappa shape index (κ3) is 6.68. The van der Waals surface area contributed by atoms with Crippen molar-refractivity contribution in [3.63, 3.8) is 0 Å². The summed E-state index contributed by atoms with van der Waals surface area (Å²) in [6.07, 6.45) is 4.01. The molecular weight excluding hydrogens is 638 g/mol. The normalized spacial score (nSPS) is 18.8. The van der Waals surface area contributed by atoms with Crippen molar-refractivity contribution in [3.05, 3.63) is 72.3 Å². The van der Waals surface area contributed by atoms with Crippen LogP contribution in [-0.2, 0) is 26.7 Å². The van der Waals surface area contributed by atoms with Gasteiger partial charge in [-0.05, 0) is 55.0 Å². The van der Waals surface area contributed by atoms with Gasteiger partial charge in [0.2, 0.25) is 10.0 Å². The quantitative estimate of drug-likeness (QED) is 0.119. The number of methoxy groups -OCH3 is 1. The first kappa shape index (κ1) is 33.9. The van der Waals surface area contributed by atoms with Crippen LogP contribution in [0.15, 0.2) is 76.5 Å². The summed E-state index contributed by atoms with van der Waals surface area (Å²) in [4.78, 5) is 1.53. The largest absolute Gasteiger partial charge is 0.534 e. The van der Waals surface area contributed by atoms with E-state index in [0.29, 0.717) is 29.8 Å². The van der Waals surface area contributed by atoms with E-state index in [1.54, 1.807) is 30.5 Å². The molecule has 0 fully saturated rings. The summed E-state index contributed by atoms with van der Waals surface area (Å²) in [5, 5.41) is 0. The van der Waals surface area contributed by atoms with E-state index in [9.17, 15) is 30.0 Å². The molecule has 0 aliphatic carbocycles. The fourth-order valence-electron chi connectivity index (χ4n) is 5.33. The molecule has 44 heavy (non-hydrogen) atoms. The summed E-state index contributed by atoms with van der Waals surface area (Å²) in [5.74, 6) is -0.120. The van der Waals surface area contributed by atoms with Crippen molar-refractivity contribution in [2.24, 2.45) is 0 Å². The van der Waals surface area contributed by atoms with Crippen LogP contribution in [0, 0.1) is 0 Å². The lowest BCUT2D eigenvalue weighted by atomic mass is 9.88. The molecular formula is C30H35F3N2O6S3. The molecule has 0 spiro atoms. The number of hydrogen-bond acceptors (Lipinski definition) is 8. The number of fused-ring (bicyclic) bond motifs is 1. The lowest BCUT2D eigenvalue weighted by molar-refractivity contribution is -0.0500. The van der Waals surface area contributed by atoms with E-state index in [1.807, 2.05) is 49.1 Å². The van der Waals surface area contributed by atoms with Crippen LogP contribution >= 0.6 is 11.8 Å². The topological polar surface area (TPSA) is 93.2 Å². The molecule has 1 aliphatic rings. The van der Waals surface area contributed by atoms with E-state index in [1.165, 1.54) is 17.5 Å². The Morgan fingerprint density at radius 2 is 1.68 bits per heavy atom. The molecule has 3 aromatic carbocycles. The number of thioether (sulfide) groups is 1.